The molecule has 0 saturated heterocycles. The van der Waals surface area contributed by atoms with Gasteiger partial charge in [0.25, 0.3) is 0 Å². The van der Waals surface area contributed by atoms with Gasteiger partial charge in [-0.2, -0.15) is 0 Å². The Morgan fingerprint density at radius 2 is 0.824 bits per heavy atom. The second-order valence-electron chi connectivity index (χ2n) is 5.41. The summed E-state index contributed by atoms with van der Waals surface area (Å²) in [6.07, 6.45) is 3.73. The molecule has 0 fully saturated rings. The Morgan fingerprint density at radius 3 is 1.00 bits per heavy atom. The van der Waals surface area contributed by atoms with E-state index in [2.05, 4.69) is 57.0 Å². The van der Waals surface area contributed by atoms with Gasteiger partial charge >= 0.3 is 17.6 Å². The van der Waals surface area contributed by atoms with Gasteiger partial charge in [-0.05, 0) is 87.1 Å². The zero-order valence-electron chi connectivity index (χ0n) is 12.1. The molecule has 0 aromatic carbocycles. The van der Waals surface area contributed by atoms with Crippen molar-refractivity contribution in [1.82, 2.24) is 14.7 Å². The third-order valence-electron chi connectivity index (χ3n) is 2.74. The summed E-state index contributed by atoms with van der Waals surface area (Å²) in [5.41, 5.74) is 0. The Bertz CT molecular complexity index is 132. The maximum atomic E-state index is 2.27. The van der Waals surface area contributed by atoms with Gasteiger partial charge in [-0.25, -0.2) is 0 Å². The van der Waals surface area contributed by atoms with Crippen molar-refractivity contribution >= 4 is 17.6 Å². The Hall–Kier alpha value is 0.423. The molecule has 0 aliphatic carbocycles. The summed E-state index contributed by atoms with van der Waals surface area (Å²) in [5, 5.41) is 0. The molecule has 0 unspecified atom stereocenters. The van der Waals surface area contributed by atoms with Gasteiger partial charge in [-0.3, -0.25) is 0 Å². The van der Waals surface area contributed by atoms with Crippen LogP contribution in [0.4, 0.5) is 0 Å². The van der Waals surface area contributed by atoms with Crippen LogP contribution in [0.1, 0.15) is 19.3 Å². The number of hydrogen-bond acceptors (Lipinski definition) is 3. The average molecular weight is 305 g/mol. The normalized spacial score (nSPS) is 11.6. The summed E-state index contributed by atoms with van der Waals surface area (Å²) < 4.78 is 0. The van der Waals surface area contributed by atoms with E-state index in [1.165, 1.54) is 38.9 Å². The van der Waals surface area contributed by atoms with E-state index in [4.69, 9.17) is 0 Å². The molecule has 1 radical (unpaired) electrons. The van der Waals surface area contributed by atoms with Crippen LogP contribution in [0.2, 0.25) is 0 Å². The molecular formula is C13H34GeN3. The van der Waals surface area contributed by atoms with E-state index < -0.39 is 0 Å². The maximum absolute atomic E-state index is 2.27. The predicted molar refractivity (Wildman–Crippen MR) is 84.1 cm³/mol. The Balaban J connectivity index is 0. The standard InChI is InChI=1S/C13H30N3.GeH4/c1-14(2)10-7-13(8-11-15(3)4)9-12-16(5)6;/h7-12H2,1-6H3;1H4. The monoisotopic (exact) mass is 306 g/mol. The van der Waals surface area contributed by atoms with Crippen LogP contribution in [0, 0.1) is 5.92 Å². The summed E-state index contributed by atoms with van der Waals surface area (Å²) in [7, 11) is 12.9. The van der Waals surface area contributed by atoms with Gasteiger partial charge in [-0.15, -0.1) is 0 Å². The molecule has 0 saturated carbocycles. The van der Waals surface area contributed by atoms with E-state index >= 15 is 0 Å². The van der Waals surface area contributed by atoms with Crippen molar-refractivity contribution in [3.8, 4) is 0 Å². The fourth-order valence-electron chi connectivity index (χ4n) is 1.52. The zero-order valence-corrected chi connectivity index (χ0v) is 12.1. The fraction of sp³-hybridized carbons (Fsp3) is 0.923. The van der Waals surface area contributed by atoms with Gasteiger partial charge in [0.15, 0.2) is 0 Å². The minimum absolute atomic E-state index is 0. The van der Waals surface area contributed by atoms with Gasteiger partial charge in [0.2, 0.25) is 0 Å². The molecule has 0 spiro atoms. The third kappa shape index (κ3) is 14.4. The molecule has 0 aromatic rings. The minimum atomic E-state index is 0. The quantitative estimate of drug-likeness (QED) is 0.554. The van der Waals surface area contributed by atoms with Gasteiger partial charge < -0.3 is 14.7 Å². The van der Waals surface area contributed by atoms with E-state index in [1.54, 1.807) is 5.92 Å². The van der Waals surface area contributed by atoms with Crippen molar-refractivity contribution in [2.45, 2.75) is 19.3 Å². The molecule has 0 heterocycles. The third-order valence-corrected chi connectivity index (χ3v) is 2.74. The van der Waals surface area contributed by atoms with Crippen LogP contribution < -0.4 is 0 Å². The van der Waals surface area contributed by atoms with E-state index in [1.807, 2.05) is 0 Å². The molecule has 17 heavy (non-hydrogen) atoms. The van der Waals surface area contributed by atoms with Crippen LogP contribution in [0.5, 0.6) is 0 Å². The number of hydrogen-bond donors (Lipinski definition) is 0. The summed E-state index contributed by atoms with van der Waals surface area (Å²) in [4.78, 5) is 6.81. The predicted octanol–water partition coefficient (Wildman–Crippen LogP) is -0.0356. The molecule has 0 N–H and O–H groups in total. The molecule has 0 atom stereocenters. The molecule has 0 rings (SSSR count). The van der Waals surface area contributed by atoms with E-state index in [-0.39, 0.29) is 17.6 Å². The van der Waals surface area contributed by atoms with Crippen molar-refractivity contribution in [1.29, 1.82) is 0 Å². The van der Waals surface area contributed by atoms with Crippen molar-refractivity contribution < 1.29 is 0 Å². The second-order valence-corrected chi connectivity index (χ2v) is 5.41. The molecule has 105 valence electrons. The topological polar surface area (TPSA) is 9.72 Å². The van der Waals surface area contributed by atoms with E-state index in [0.717, 1.165) is 0 Å². The zero-order chi connectivity index (χ0) is 12.6. The first-order chi connectivity index (χ1) is 7.41. The molecule has 4 heteroatoms. The Labute approximate surface area is 119 Å². The van der Waals surface area contributed by atoms with Gasteiger partial charge in [0.1, 0.15) is 0 Å². The molecule has 0 aromatic heterocycles. The number of nitrogens with zero attached hydrogens (tertiary/aromatic N) is 3. The molecule has 0 aliphatic rings. The SMILES string of the molecule is CN(C)CC[C](CCN(C)C)CCN(C)C.[GeH4]. The molecule has 0 amide bonds. The van der Waals surface area contributed by atoms with Gasteiger partial charge in [0.05, 0.1) is 0 Å². The van der Waals surface area contributed by atoms with Crippen LogP contribution in [0.25, 0.3) is 0 Å². The van der Waals surface area contributed by atoms with Gasteiger partial charge in [0, 0.05) is 0 Å². The van der Waals surface area contributed by atoms with Crippen molar-refractivity contribution in [2.24, 2.45) is 0 Å². The van der Waals surface area contributed by atoms with Crippen LogP contribution in [0.15, 0.2) is 0 Å². The second kappa shape index (κ2) is 11.5. The molecular weight excluding hydrogens is 271 g/mol. The average Bonchev–Trinajstić information content (AvgIpc) is 2.15. The van der Waals surface area contributed by atoms with Crippen LogP contribution in [-0.4, -0.2) is 94.2 Å². The molecule has 0 aliphatic heterocycles. The summed E-state index contributed by atoms with van der Waals surface area (Å²) in [5.74, 6) is 1.70. The Kier molecular flexibility index (Phi) is 13.4. The first-order valence-corrected chi connectivity index (χ1v) is 6.19. The van der Waals surface area contributed by atoms with Crippen molar-refractivity contribution in [2.75, 3.05) is 61.9 Å². The fourth-order valence-corrected chi connectivity index (χ4v) is 1.52. The van der Waals surface area contributed by atoms with Crippen molar-refractivity contribution in [3.63, 3.8) is 0 Å². The van der Waals surface area contributed by atoms with Crippen LogP contribution in [-0.2, 0) is 0 Å². The Morgan fingerprint density at radius 1 is 0.588 bits per heavy atom. The number of rotatable bonds is 9. The first-order valence-electron chi connectivity index (χ1n) is 6.19. The van der Waals surface area contributed by atoms with Crippen LogP contribution in [0.3, 0.4) is 0 Å². The molecule has 3 nitrogen and oxygen atoms in total. The van der Waals surface area contributed by atoms with Gasteiger partial charge in [-0.1, -0.05) is 0 Å². The summed E-state index contributed by atoms with van der Waals surface area (Å²) >= 11 is 0. The first kappa shape index (κ1) is 19.8. The van der Waals surface area contributed by atoms with E-state index in [0.29, 0.717) is 0 Å². The van der Waals surface area contributed by atoms with E-state index in [9.17, 15) is 0 Å². The summed E-state index contributed by atoms with van der Waals surface area (Å²) in [6, 6.07) is 0. The van der Waals surface area contributed by atoms with Crippen LogP contribution >= 0.6 is 0 Å². The van der Waals surface area contributed by atoms with Crippen molar-refractivity contribution in [3.05, 3.63) is 5.92 Å². The molecule has 0 bridgehead atoms. The summed E-state index contributed by atoms with van der Waals surface area (Å²) in [6.45, 7) is 3.53.